The van der Waals surface area contributed by atoms with Crippen molar-refractivity contribution in [2.24, 2.45) is 0 Å². The zero-order chi connectivity index (χ0) is 16.5. The molecule has 0 aromatic rings. The number of esters is 1. The van der Waals surface area contributed by atoms with Gasteiger partial charge in [-0.25, -0.2) is 4.39 Å². The highest BCUT2D eigenvalue weighted by Crippen LogP contribution is 2.13. The Morgan fingerprint density at radius 1 is 0.955 bits per heavy atom. The van der Waals surface area contributed by atoms with Crippen LogP contribution in [-0.2, 0) is 9.53 Å². The first kappa shape index (κ1) is 21.1. The van der Waals surface area contributed by atoms with Crippen LogP contribution in [0, 0.1) is 0 Å². The average Bonchev–Trinajstić information content (AvgIpc) is 2.52. The lowest BCUT2D eigenvalue weighted by molar-refractivity contribution is -0.140. The molecule has 130 valence electrons. The fourth-order valence-corrected chi connectivity index (χ4v) is 2.45. The topological polar surface area (TPSA) is 26.3 Å². The third kappa shape index (κ3) is 15.5. The lowest BCUT2D eigenvalue weighted by Crippen LogP contribution is -2.04. The third-order valence-corrected chi connectivity index (χ3v) is 3.91. The maximum absolute atomic E-state index is 13.6. The second-order valence-corrected chi connectivity index (χ2v) is 6.02. The molecule has 0 fully saturated rings. The van der Waals surface area contributed by atoms with E-state index in [4.69, 9.17) is 0 Å². The van der Waals surface area contributed by atoms with Gasteiger partial charge in [-0.1, -0.05) is 51.2 Å². The molecule has 0 heterocycles. The number of ether oxygens (including phenoxy) is 1. The number of hydrogen-bond acceptors (Lipinski definition) is 2. The van der Waals surface area contributed by atoms with Crippen molar-refractivity contribution >= 4 is 5.97 Å². The fraction of sp³-hybridized carbons (Fsp3) is 0.842. The van der Waals surface area contributed by atoms with Crippen LogP contribution in [0.4, 0.5) is 4.39 Å². The molecule has 0 saturated carbocycles. The van der Waals surface area contributed by atoms with Gasteiger partial charge in [-0.3, -0.25) is 4.79 Å². The summed E-state index contributed by atoms with van der Waals surface area (Å²) < 4.78 is 18.1. The van der Waals surface area contributed by atoms with Crippen molar-refractivity contribution in [3.8, 4) is 0 Å². The molecule has 3 heteroatoms. The number of carbonyl (C=O) groups excluding carboxylic acids is 1. The van der Waals surface area contributed by atoms with E-state index >= 15 is 0 Å². The molecule has 2 nitrogen and oxygen atoms in total. The summed E-state index contributed by atoms with van der Waals surface area (Å²) in [5.74, 6) is -0.246. The highest BCUT2D eigenvalue weighted by molar-refractivity contribution is 5.68. The van der Waals surface area contributed by atoms with Crippen LogP contribution >= 0.6 is 0 Å². The molecule has 0 aliphatic heterocycles. The Morgan fingerprint density at radius 3 is 2.23 bits per heavy atom. The third-order valence-electron chi connectivity index (χ3n) is 3.91. The predicted octanol–water partition coefficient (Wildman–Crippen LogP) is 6.14. The molecule has 0 saturated heterocycles. The van der Waals surface area contributed by atoms with Crippen LogP contribution in [0.2, 0.25) is 0 Å². The molecule has 0 aliphatic rings. The number of methoxy groups -OCH3 is 1. The molecule has 0 spiro atoms. The summed E-state index contributed by atoms with van der Waals surface area (Å²) in [4.78, 5) is 10.9. The molecule has 0 aromatic heterocycles. The van der Waals surface area contributed by atoms with Crippen LogP contribution in [0.15, 0.2) is 12.2 Å². The van der Waals surface area contributed by atoms with Gasteiger partial charge in [-0.2, -0.15) is 0 Å². The molecule has 0 N–H and O–H groups in total. The normalized spacial score (nSPS) is 12.7. The molecular formula is C19H35FO2. The first-order valence-electron chi connectivity index (χ1n) is 9.06. The van der Waals surface area contributed by atoms with Gasteiger partial charge in [0.15, 0.2) is 0 Å². The first-order chi connectivity index (χ1) is 10.7. The van der Waals surface area contributed by atoms with Crippen molar-refractivity contribution in [3.63, 3.8) is 0 Å². The summed E-state index contributed by atoms with van der Waals surface area (Å²) in [7, 11) is 1.37. The monoisotopic (exact) mass is 314 g/mol. The second-order valence-electron chi connectivity index (χ2n) is 6.02. The van der Waals surface area contributed by atoms with E-state index in [-0.39, 0.29) is 5.97 Å². The summed E-state index contributed by atoms with van der Waals surface area (Å²) in [6.45, 7) is 2.24. The maximum atomic E-state index is 13.6. The minimum Gasteiger partial charge on any atom is -0.469 e. The summed E-state index contributed by atoms with van der Waals surface area (Å²) in [6, 6.07) is 0. The molecule has 0 aliphatic carbocycles. The largest absolute Gasteiger partial charge is 0.469 e. The Kier molecular flexibility index (Phi) is 15.9. The van der Waals surface area contributed by atoms with Crippen LogP contribution in [0.1, 0.15) is 90.4 Å². The summed E-state index contributed by atoms with van der Waals surface area (Å²) >= 11 is 0. The van der Waals surface area contributed by atoms with Gasteiger partial charge >= 0.3 is 5.97 Å². The summed E-state index contributed by atoms with van der Waals surface area (Å²) in [5.41, 5.74) is 0. The predicted molar refractivity (Wildman–Crippen MR) is 91.7 cm³/mol. The molecule has 22 heavy (non-hydrogen) atoms. The smallest absolute Gasteiger partial charge is 0.305 e. The fourth-order valence-electron chi connectivity index (χ4n) is 2.45. The van der Waals surface area contributed by atoms with E-state index in [1.54, 1.807) is 0 Å². The van der Waals surface area contributed by atoms with Gasteiger partial charge < -0.3 is 4.74 Å². The van der Waals surface area contributed by atoms with Gasteiger partial charge in [0.1, 0.15) is 6.17 Å². The Bertz CT molecular complexity index is 277. The van der Waals surface area contributed by atoms with Crippen LogP contribution in [0.5, 0.6) is 0 Å². The molecule has 0 bridgehead atoms. The Balaban J connectivity index is 3.29. The van der Waals surface area contributed by atoms with E-state index in [2.05, 4.69) is 23.8 Å². The van der Waals surface area contributed by atoms with Crippen LogP contribution in [-0.4, -0.2) is 19.3 Å². The minimum atomic E-state index is -0.781. The van der Waals surface area contributed by atoms with Gasteiger partial charge in [0.25, 0.3) is 0 Å². The van der Waals surface area contributed by atoms with Gasteiger partial charge in [-0.05, 0) is 44.9 Å². The number of allylic oxidation sites excluding steroid dienone is 2. The molecule has 1 atom stereocenters. The van der Waals surface area contributed by atoms with Crippen LogP contribution in [0.3, 0.4) is 0 Å². The van der Waals surface area contributed by atoms with Crippen LogP contribution in [0.25, 0.3) is 0 Å². The average molecular weight is 314 g/mol. The number of unbranched alkanes of at least 4 members (excludes halogenated alkanes) is 7. The lowest BCUT2D eigenvalue weighted by Gasteiger charge is -2.06. The highest BCUT2D eigenvalue weighted by Gasteiger charge is 2.07. The van der Waals surface area contributed by atoms with Crippen molar-refractivity contribution in [1.82, 2.24) is 0 Å². The van der Waals surface area contributed by atoms with Crippen molar-refractivity contribution in [3.05, 3.63) is 12.2 Å². The first-order valence-corrected chi connectivity index (χ1v) is 9.06. The van der Waals surface area contributed by atoms with Gasteiger partial charge in [-0.15, -0.1) is 0 Å². The number of hydrogen-bond donors (Lipinski definition) is 0. The van der Waals surface area contributed by atoms with Crippen molar-refractivity contribution in [2.75, 3.05) is 7.11 Å². The number of halogens is 1. The van der Waals surface area contributed by atoms with Crippen molar-refractivity contribution in [1.29, 1.82) is 0 Å². The molecule has 0 aromatic carbocycles. The van der Waals surface area contributed by atoms with Gasteiger partial charge in [0.05, 0.1) is 7.11 Å². The molecule has 0 amide bonds. The zero-order valence-electron chi connectivity index (χ0n) is 14.6. The molecule has 0 rings (SSSR count). The number of carbonyl (C=O) groups is 1. The van der Waals surface area contributed by atoms with E-state index in [1.165, 1.54) is 45.6 Å². The van der Waals surface area contributed by atoms with Gasteiger partial charge in [0.2, 0.25) is 0 Å². The standard InChI is InChI=1S/C19H35FO2/c1-3-4-5-6-7-8-9-10-11-12-13-15-18(20)16-14-17-19(21)22-2/h10-11,18H,3-9,12-17H2,1-2H3/b11-10-. The van der Waals surface area contributed by atoms with Crippen LogP contribution < -0.4 is 0 Å². The number of rotatable bonds is 15. The van der Waals surface area contributed by atoms with E-state index in [0.717, 1.165) is 19.3 Å². The molecular weight excluding hydrogens is 279 g/mol. The van der Waals surface area contributed by atoms with E-state index in [0.29, 0.717) is 25.7 Å². The van der Waals surface area contributed by atoms with Gasteiger partial charge in [0, 0.05) is 6.42 Å². The summed E-state index contributed by atoms with van der Waals surface area (Å²) in [5, 5.41) is 0. The Morgan fingerprint density at radius 2 is 1.55 bits per heavy atom. The zero-order valence-corrected chi connectivity index (χ0v) is 14.6. The summed E-state index contributed by atoms with van der Waals surface area (Å²) in [6.07, 6.45) is 16.6. The SMILES string of the molecule is CCCCCCCC/C=C\CCCC(F)CCCC(=O)OC. The number of alkyl halides is 1. The highest BCUT2D eigenvalue weighted by atomic mass is 19.1. The van der Waals surface area contributed by atoms with Crippen molar-refractivity contribution in [2.45, 2.75) is 96.6 Å². The van der Waals surface area contributed by atoms with E-state index in [1.807, 2.05) is 0 Å². The quantitative estimate of drug-likeness (QED) is 0.206. The second kappa shape index (κ2) is 16.5. The van der Waals surface area contributed by atoms with E-state index in [9.17, 15) is 9.18 Å². The molecule has 1 unspecified atom stereocenters. The lowest BCUT2D eigenvalue weighted by atomic mass is 10.1. The maximum Gasteiger partial charge on any atom is 0.305 e. The minimum absolute atomic E-state index is 0.246. The molecule has 0 radical (unpaired) electrons. The Labute approximate surface area is 136 Å². The Hall–Kier alpha value is -0.860. The van der Waals surface area contributed by atoms with E-state index < -0.39 is 6.17 Å². The van der Waals surface area contributed by atoms with Crippen molar-refractivity contribution < 1.29 is 13.9 Å².